The summed E-state index contributed by atoms with van der Waals surface area (Å²) in [6.45, 7) is 0.901. The molecular formula is C8H16N2OS. The molecule has 0 radical (unpaired) electrons. The van der Waals surface area contributed by atoms with Gasteiger partial charge in [-0.2, -0.15) is 12.6 Å². The topological polar surface area (TPSA) is 32.3 Å². The summed E-state index contributed by atoms with van der Waals surface area (Å²) >= 11 is 4.37. The van der Waals surface area contributed by atoms with Crippen molar-refractivity contribution in [2.24, 2.45) is 0 Å². The summed E-state index contributed by atoms with van der Waals surface area (Å²) in [7, 11) is 3.57. The van der Waals surface area contributed by atoms with Crippen LogP contribution in [0.5, 0.6) is 0 Å². The van der Waals surface area contributed by atoms with Gasteiger partial charge in [-0.05, 0) is 19.4 Å². The van der Waals surface area contributed by atoms with Crippen molar-refractivity contribution < 1.29 is 4.79 Å². The molecule has 0 spiro atoms. The standard InChI is InChI=1S/C8H16N2OS/c1-10(2)8(11)7-5-6(12)3-4-9-7/h6-7,9,12H,3-5H2,1-2H3/t6-,7+/m0/s1. The third-order valence-electron chi connectivity index (χ3n) is 2.11. The van der Waals surface area contributed by atoms with Crippen LogP contribution >= 0.6 is 12.6 Å². The van der Waals surface area contributed by atoms with E-state index >= 15 is 0 Å². The van der Waals surface area contributed by atoms with E-state index in [1.807, 2.05) is 0 Å². The number of piperidine rings is 1. The Morgan fingerprint density at radius 1 is 1.58 bits per heavy atom. The Kier molecular flexibility index (Phi) is 3.40. The fraction of sp³-hybridized carbons (Fsp3) is 0.875. The van der Waals surface area contributed by atoms with Crippen LogP contribution in [-0.4, -0.2) is 42.7 Å². The third kappa shape index (κ3) is 2.38. The zero-order chi connectivity index (χ0) is 9.14. The number of nitrogens with zero attached hydrogens (tertiary/aromatic N) is 1. The summed E-state index contributed by atoms with van der Waals surface area (Å²) in [4.78, 5) is 13.1. The lowest BCUT2D eigenvalue weighted by atomic mass is 10.0. The van der Waals surface area contributed by atoms with Crippen LogP contribution in [0, 0.1) is 0 Å². The smallest absolute Gasteiger partial charge is 0.239 e. The fourth-order valence-electron chi connectivity index (χ4n) is 1.40. The number of nitrogens with one attached hydrogen (secondary N) is 1. The van der Waals surface area contributed by atoms with Gasteiger partial charge in [-0.1, -0.05) is 0 Å². The number of hydrogen-bond donors (Lipinski definition) is 2. The minimum atomic E-state index is -0.0174. The summed E-state index contributed by atoms with van der Waals surface area (Å²) in [5.74, 6) is 0.161. The molecule has 0 bridgehead atoms. The third-order valence-corrected chi connectivity index (χ3v) is 2.58. The van der Waals surface area contributed by atoms with Crippen molar-refractivity contribution in [3.8, 4) is 0 Å². The Morgan fingerprint density at radius 3 is 2.75 bits per heavy atom. The summed E-state index contributed by atoms with van der Waals surface area (Å²) < 4.78 is 0. The molecule has 1 saturated heterocycles. The number of hydrogen-bond acceptors (Lipinski definition) is 3. The van der Waals surface area contributed by atoms with Crippen LogP contribution in [-0.2, 0) is 4.79 Å². The van der Waals surface area contributed by atoms with E-state index in [1.165, 1.54) is 0 Å². The molecule has 1 amide bonds. The summed E-state index contributed by atoms with van der Waals surface area (Å²) in [6.07, 6.45) is 1.90. The summed E-state index contributed by atoms with van der Waals surface area (Å²) in [5, 5.41) is 3.57. The van der Waals surface area contributed by atoms with Crippen LogP contribution in [0.3, 0.4) is 0 Å². The Hall–Kier alpha value is -0.220. The second-order valence-electron chi connectivity index (χ2n) is 3.42. The molecule has 0 aromatic heterocycles. The second-order valence-corrected chi connectivity index (χ2v) is 4.15. The van der Waals surface area contributed by atoms with Crippen LogP contribution < -0.4 is 5.32 Å². The Morgan fingerprint density at radius 2 is 2.25 bits per heavy atom. The van der Waals surface area contributed by atoms with Gasteiger partial charge in [0.1, 0.15) is 0 Å². The molecule has 1 N–H and O–H groups in total. The van der Waals surface area contributed by atoms with E-state index in [9.17, 15) is 4.79 Å². The summed E-state index contributed by atoms with van der Waals surface area (Å²) in [6, 6.07) is -0.0174. The predicted molar refractivity (Wildman–Crippen MR) is 52.5 cm³/mol. The van der Waals surface area contributed by atoms with E-state index in [0.717, 1.165) is 19.4 Å². The normalized spacial score (nSPS) is 29.9. The average molecular weight is 188 g/mol. The van der Waals surface area contributed by atoms with E-state index in [2.05, 4.69) is 17.9 Å². The van der Waals surface area contributed by atoms with Crippen LogP contribution in [0.25, 0.3) is 0 Å². The lowest BCUT2D eigenvalue weighted by Gasteiger charge is -2.28. The maximum Gasteiger partial charge on any atom is 0.239 e. The molecule has 2 atom stereocenters. The molecule has 1 aliphatic heterocycles. The molecule has 0 aromatic carbocycles. The minimum absolute atomic E-state index is 0.0174. The Bertz CT molecular complexity index is 172. The van der Waals surface area contributed by atoms with Gasteiger partial charge in [0, 0.05) is 19.3 Å². The van der Waals surface area contributed by atoms with Crippen molar-refractivity contribution >= 4 is 18.5 Å². The Balaban J connectivity index is 2.46. The number of carbonyl (C=O) groups excluding carboxylic acids is 1. The molecule has 0 aliphatic carbocycles. The van der Waals surface area contributed by atoms with Gasteiger partial charge in [0.2, 0.25) is 5.91 Å². The fourth-order valence-corrected chi connectivity index (χ4v) is 1.74. The molecule has 1 aliphatic rings. The molecular weight excluding hydrogens is 172 g/mol. The van der Waals surface area contributed by atoms with E-state index in [0.29, 0.717) is 5.25 Å². The predicted octanol–water partition coefficient (Wildman–Crippen LogP) is 0.125. The van der Waals surface area contributed by atoms with Gasteiger partial charge in [0.15, 0.2) is 0 Å². The highest BCUT2D eigenvalue weighted by molar-refractivity contribution is 7.80. The van der Waals surface area contributed by atoms with E-state index in [1.54, 1.807) is 19.0 Å². The molecule has 12 heavy (non-hydrogen) atoms. The zero-order valence-electron chi connectivity index (χ0n) is 7.58. The van der Waals surface area contributed by atoms with Crippen molar-refractivity contribution in [1.82, 2.24) is 10.2 Å². The Labute approximate surface area is 78.9 Å². The first-order chi connectivity index (χ1) is 5.61. The van der Waals surface area contributed by atoms with E-state index < -0.39 is 0 Å². The first-order valence-electron chi connectivity index (χ1n) is 4.24. The van der Waals surface area contributed by atoms with Gasteiger partial charge >= 0.3 is 0 Å². The number of likely N-dealkylation sites (N-methyl/N-ethyl adjacent to an activating group) is 1. The molecule has 0 unspecified atom stereocenters. The van der Waals surface area contributed by atoms with Gasteiger partial charge in [-0.15, -0.1) is 0 Å². The SMILES string of the molecule is CN(C)C(=O)[C@H]1C[C@@H](S)CCN1. The molecule has 3 nitrogen and oxygen atoms in total. The first kappa shape index (κ1) is 9.86. The first-order valence-corrected chi connectivity index (χ1v) is 4.75. The zero-order valence-corrected chi connectivity index (χ0v) is 8.47. The van der Waals surface area contributed by atoms with Gasteiger partial charge < -0.3 is 10.2 Å². The molecule has 0 aromatic rings. The molecule has 70 valence electrons. The maximum absolute atomic E-state index is 11.5. The van der Waals surface area contributed by atoms with Gasteiger partial charge in [0.05, 0.1) is 6.04 Å². The number of thiol groups is 1. The largest absolute Gasteiger partial charge is 0.347 e. The molecule has 0 saturated carbocycles. The summed E-state index contributed by atoms with van der Waals surface area (Å²) in [5.41, 5.74) is 0. The van der Waals surface area contributed by atoms with E-state index in [4.69, 9.17) is 0 Å². The van der Waals surface area contributed by atoms with Crippen molar-refractivity contribution in [2.75, 3.05) is 20.6 Å². The quantitative estimate of drug-likeness (QED) is 0.573. The van der Waals surface area contributed by atoms with Crippen molar-refractivity contribution in [1.29, 1.82) is 0 Å². The van der Waals surface area contributed by atoms with Crippen molar-refractivity contribution in [2.45, 2.75) is 24.1 Å². The van der Waals surface area contributed by atoms with Crippen LogP contribution in [0.1, 0.15) is 12.8 Å². The second kappa shape index (κ2) is 4.14. The molecule has 1 heterocycles. The van der Waals surface area contributed by atoms with Crippen molar-refractivity contribution in [3.05, 3.63) is 0 Å². The van der Waals surface area contributed by atoms with Crippen LogP contribution in [0.4, 0.5) is 0 Å². The lowest BCUT2D eigenvalue weighted by molar-refractivity contribution is -0.131. The monoisotopic (exact) mass is 188 g/mol. The van der Waals surface area contributed by atoms with Gasteiger partial charge in [-0.25, -0.2) is 0 Å². The van der Waals surface area contributed by atoms with Crippen LogP contribution in [0.15, 0.2) is 0 Å². The lowest BCUT2D eigenvalue weighted by Crippen LogP contribution is -2.48. The highest BCUT2D eigenvalue weighted by Gasteiger charge is 2.25. The maximum atomic E-state index is 11.5. The average Bonchev–Trinajstić information content (AvgIpc) is 2.03. The highest BCUT2D eigenvalue weighted by Crippen LogP contribution is 2.14. The van der Waals surface area contributed by atoms with Crippen LogP contribution in [0.2, 0.25) is 0 Å². The number of rotatable bonds is 1. The molecule has 1 rings (SSSR count). The number of carbonyl (C=O) groups is 1. The molecule has 4 heteroatoms. The minimum Gasteiger partial charge on any atom is -0.347 e. The highest BCUT2D eigenvalue weighted by atomic mass is 32.1. The van der Waals surface area contributed by atoms with Gasteiger partial charge in [-0.3, -0.25) is 4.79 Å². The van der Waals surface area contributed by atoms with E-state index in [-0.39, 0.29) is 11.9 Å². The van der Waals surface area contributed by atoms with Gasteiger partial charge in [0.25, 0.3) is 0 Å². The number of amides is 1. The molecule has 1 fully saturated rings. The van der Waals surface area contributed by atoms with Crippen molar-refractivity contribution in [3.63, 3.8) is 0 Å².